The number of carbonyl (C=O) groups is 2. The van der Waals surface area contributed by atoms with Gasteiger partial charge in [0.1, 0.15) is 18.1 Å². The van der Waals surface area contributed by atoms with Crippen LogP contribution in [-0.4, -0.2) is 68.8 Å². The molecule has 2 fully saturated rings. The van der Waals surface area contributed by atoms with Crippen molar-refractivity contribution in [3.63, 3.8) is 0 Å². The van der Waals surface area contributed by atoms with Gasteiger partial charge in [-0.3, -0.25) is 0 Å². The molecule has 46 heavy (non-hydrogen) atoms. The molecule has 1 aliphatic heterocycles. The van der Waals surface area contributed by atoms with Crippen LogP contribution in [0, 0.1) is 11.8 Å². The smallest absolute Gasteiger partial charge is 0.345 e. The van der Waals surface area contributed by atoms with Gasteiger partial charge in [0, 0.05) is 37.1 Å². The first-order valence-electron chi connectivity index (χ1n) is 14.8. The Morgan fingerprint density at radius 1 is 0.957 bits per heavy atom. The number of halogens is 2. The molecule has 0 spiro atoms. The van der Waals surface area contributed by atoms with Crippen LogP contribution in [0.15, 0.2) is 77.7 Å². The Morgan fingerprint density at radius 3 is 2.11 bits per heavy atom. The van der Waals surface area contributed by atoms with Crippen molar-refractivity contribution < 1.29 is 32.6 Å². The minimum atomic E-state index is -3.97. The molecule has 1 heterocycles. The van der Waals surface area contributed by atoms with Gasteiger partial charge < -0.3 is 24.8 Å². The van der Waals surface area contributed by atoms with Gasteiger partial charge in [-0.2, -0.15) is 0 Å². The largest absolute Gasteiger partial charge is 0.492 e. The van der Waals surface area contributed by atoms with Crippen LogP contribution in [0.25, 0.3) is 0 Å². The SMILES string of the molecule is CC(C)(C)c1ccc(O[C@@H](Cc2ccc(OCCNC3C4CN(C(=O)NS(=O)(=O)c5ccc(Cl)cc5)CC43)cc2)C(=O)O)cc1.Cl. The number of nitrogens with one attached hydrogen (secondary N) is 2. The molecule has 248 valence electrons. The third-order valence-corrected chi connectivity index (χ3v) is 9.78. The Hall–Kier alpha value is -3.51. The minimum absolute atomic E-state index is 0. The van der Waals surface area contributed by atoms with E-state index >= 15 is 0 Å². The summed E-state index contributed by atoms with van der Waals surface area (Å²) in [5.41, 5.74) is 1.96. The van der Waals surface area contributed by atoms with Crippen molar-refractivity contribution in [3.8, 4) is 11.5 Å². The molecule has 2 unspecified atom stereocenters. The standard InChI is InChI=1S/C33H38ClN3O7S.ClH/c1-33(2,3)22-6-12-25(13-7-22)44-29(31(38)39)18-21-4-10-24(11-5-21)43-17-16-35-30-27-19-37(20-28(27)30)32(40)36-45(41,42)26-14-8-23(34)9-15-26;/h4-15,27-30,35H,16-20H2,1-3H3,(H,36,40)(H,38,39);1H/t27?,28?,29-,30?;/m0./s1. The maximum Gasteiger partial charge on any atom is 0.345 e. The molecular formula is C33H39Cl2N3O7S. The lowest BCUT2D eigenvalue weighted by Crippen LogP contribution is -2.44. The Kier molecular flexibility index (Phi) is 11.1. The summed E-state index contributed by atoms with van der Waals surface area (Å²) in [5, 5.41) is 13.6. The van der Waals surface area contributed by atoms with Crippen molar-refractivity contribution in [2.45, 2.75) is 49.6 Å². The molecule has 3 N–H and O–H groups in total. The Morgan fingerprint density at radius 2 is 1.54 bits per heavy atom. The number of aliphatic carboxylic acids is 1. The Bertz CT molecular complexity index is 1600. The van der Waals surface area contributed by atoms with E-state index in [9.17, 15) is 23.1 Å². The van der Waals surface area contributed by atoms with Crippen molar-refractivity contribution in [2.75, 3.05) is 26.2 Å². The fourth-order valence-corrected chi connectivity index (χ4v) is 6.65. The zero-order valence-corrected chi connectivity index (χ0v) is 28.2. The van der Waals surface area contributed by atoms with Crippen molar-refractivity contribution in [1.29, 1.82) is 0 Å². The summed E-state index contributed by atoms with van der Waals surface area (Å²) < 4.78 is 38.8. The molecule has 10 nitrogen and oxygen atoms in total. The summed E-state index contributed by atoms with van der Waals surface area (Å²) in [5.74, 6) is 0.702. The third kappa shape index (κ3) is 8.85. The predicted molar refractivity (Wildman–Crippen MR) is 178 cm³/mol. The number of fused-ring (bicyclic) bond motifs is 1. The van der Waals surface area contributed by atoms with Gasteiger partial charge >= 0.3 is 12.0 Å². The Balaban J connectivity index is 0.00000480. The first-order chi connectivity index (χ1) is 21.3. The van der Waals surface area contributed by atoms with Crippen LogP contribution >= 0.6 is 24.0 Å². The van der Waals surface area contributed by atoms with E-state index in [1.165, 1.54) is 29.2 Å². The quantitative estimate of drug-likeness (QED) is 0.223. The second-order valence-electron chi connectivity index (χ2n) is 12.5. The highest BCUT2D eigenvalue weighted by molar-refractivity contribution is 7.90. The lowest BCUT2D eigenvalue weighted by atomic mass is 9.87. The number of ether oxygens (including phenoxy) is 2. The van der Waals surface area contributed by atoms with Crippen LogP contribution in [-0.2, 0) is 26.7 Å². The van der Waals surface area contributed by atoms with E-state index in [1.807, 2.05) is 36.4 Å². The first kappa shape index (κ1) is 35.3. The van der Waals surface area contributed by atoms with E-state index in [-0.39, 0.29) is 47.0 Å². The molecule has 1 aliphatic carbocycles. The number of carbonyl (C=O) groups excluding carboxylic acids is 1. The average Bonchev–Trinajstić information content (AvgIpc) is 3.42. The van der Waals surface area contributed by atoms with Crippen LogP contribution in [0.4, 0.5) is 4.79 Å². The van der Waals surface area contributed by atoms with Crippen LogP contribution < -0.4 is 19.5 Å². The fourth-order valence-electron chi connectivity index (χ4n) is 5.55. The molecule has 0 radical (unpaired) electrons. The van der Waals surface area contributed by atoms with E-state index in [4.69, 9.17) is 21.1 Å². The maximum absolute atomic E-state index is 12.6. The number of sulfonamides is 1. The molecule has 5 rings (SSSR count). The topological polar surface area (TPSA) is 134 Å². The minimum Gasteiger partial charge on any atom is -0.492 e. The number of likely N-dealkylation sites (tertiary alicyclic amines) is 1. The van der Waals surface area contributed by atoms with Gasteiger partial charge in [-0.1, -0.05) is 56.6 Å². The number of hydrogen-bond donors (Lipinski definition) is 3. The molecule has 3 aromatic rings. The van der Waals surface area contributed by atoms with Crippen molar-refractivity contribution in [3.05, 3.63) is 88.9 Å². The number of nitrogens with zero attached hydrogens (tertiary/aromatic N) is 1. The molecular weight excluding hydrogens is 653 g/mol. The van der Waals surface area contributed by atoms with Crippen LogP contribution in [0.3, 0.4) is 0 Å². The van der Waals surface area contributed by atoms with E-state index in [1.54, 1.807) is 12.1 Å². The summed E-state index contributed by atoms with van der Waals surface area (Å²) in [6.45, 7) is 8.36. The van der Waals surface area contributed by atoms with Crippen molar-refractivity contribution in [1.82, 2.24) is 14.9 Å². The summed E-state index contributed by atoms with van der Waals surface area (Å²) in [6, 6.07) is 20.1. The molecule has 2 aliphatic rings. The highest BCUT2D eigenvalue weighted by atomic mass is 35.5. The summed E-state index contributed by atoms with van der Waals surface area (Å²) in [4.78, 5) is 25.9. The number of carboxylic acid groups (broad SMARTS) is 1. The van der Waals surface area contributed by atoms with E-state index in [0.717, 1.165) is 11.1 Å². The van der Waals surface area contributed by atoms with Gasteiger partial charge in [0.15, 0.2) is 6.10 Å². The highest BCUT2D eigenvalue weighted by Gasteiger charge is 2.56. The zero-order valence-electron chi connectivity index (χ0n) is 25.8. The third-order valence-electron chi connectivity index (χ3n) is 8.20. The van der Waals surface area contributed by atoms with Crippen molar-refractivity contribution in [2.24, 2.45) is 11.8 Å². The molecule has 3 atom stereocenters. The zero-order chi connectivity index (χ0) is 32.4. The molecule has 0 aromatic heterocycles. The Labute approximate surface area is 280 Å². The van der Waals surface area contributed by atoms with E-state index in [0.29, 0.717) is 42.8 Å². The van der Waals surface area contributed by atoms with Gasteiger partial charge in [0.05, 0.1) is 4.90 Å². The molecule has 1 saturated heterocycles. The van der Waals surface area contributed by atoms with E-state index in [2.05, 4.69) is 30.8 Å². The number of carboxylic acids is 1. The normalized spacial score (nSPS) is 19.4. The first-order valence-corrected chi connectivity index (χ1v) is 16.7. The van der Waals surface area contributed by atoms with Gasteiger partial charge in [-0.15, -0.1) is 12.4 Å². The number of benzene rings is 3. The maximum atomic E-state index is 12.6. The number of piperidine rings is 1. The van der Waals surface area contributed by atoms with Gasteiger partial charge in [0.2, 0.25) is 0 Å². The second-order valence-corrected chi connectivity index (χ2v) is 14.6. The summed E-state index contributed by atoms with van der Waals surface area (Å²) >= 11 is 5.82. The number of rotatable bonds is 12. The van der Waals surface area contributed by atoms with Crippen LogP contribution in [0.2, 0.25) is 5.02 Å². The molecule has 13 heteroatoms. The molecule has 1 saturated carbocycles. The van der Waals surface area contributed by atoms with Crippen LogP contribution in [0.5, 0.6) is 11.5 Å². The predicted octanol–water partition coefficient (Wildman–Crippen LogP) is 5.13. The second kappa shape index (κ2) is 14.5. The lowest BCUT2D eigenvalue weighted by molar-refractivity contribution is -0.145. The van der Waals surface area contributed by atoms with Gasteiger partial charge in [-0.05, 0) is 76.9 Å². The summed E-state index contributed by atoms with van der Waals surface area (Å²) in [7, 11) is -3.97. The van der Waals surface area contributed by atoms with E-state index < -0.39 is 28.1 Å². The van der Waals surface area contributed by atoms with Crippen molar-refractivity contribution >= 4 is 46.0 Å². The van der Waals surface area contributed by atoms with Gasteiger partial charge in [-0.25, -0.2) is 22.7 Å². The lowest BCUT2D eigenvalue weighted by Gasteiger charge is -2.21. The number of hydrogen-bond acceptors (Lipinski definition) is 7. The van der Waals surface area contributed by atoms with Crippen LogP contribution in [0.1, 0.15) is 31.9 Å². The average molecular weight is 693 g/mol. The number of amides is 2. The summed E-state index contributed by atoms with van der Waals surface area (Å²) in [6.07, 6.45) is -0.806. The molecule has 2 amide bonds. The molecule has 0 bridgehead atoms. The number of urea groups is 1. The monoisotopic (exact) mass is 691 g/mol. The molecule has 3 aromatic carbocycles. The highest BCUT2D eigenvalue weighted by Crippen LogP contribution is 2.45. The fraction of sp³-hybridized carbons (Fsp3) is 0.394. The van der Waals surface area contributed by atoms with Gasteiger partial charge in [0.25, 0.3) is 10.0 Å².